The fraction of sp³-hybridized carbons (Fsp3) is 0.407. The van der Waals surface area contributed by atoms with Gasteiger partial charge in [0.25, 0.3) is 11.8 Å². The number of hydrogen-bond donors (Lipinski definition) is 0. The molecule has 2 aromatic rings. The van der Waals surface area contributed by atoms with Gasteiger partial charge in [-0.2, -0.15) is 0 Å². The Bertz CT molecular complexity index is 1030. The maximum Gasteiger partial charge on any atom is 0.283 e. The number of benzene rings is 2. The first-order chi connectivity index (χ1) is 16.0. The zero-order chi connectivity index (χ0) is 23.4. The lowest BCUT2D eigenvalue weighted by Crippen LogP contribution is -2.38. The molecule has 0 spiro atoms. The van der Waals surface area contributed by atoms with Gasteiger partial charge in [-0.15, -0.1) is 0 Å². The molecule has 1 saturated carbocycles. The Labute approximate surface area is 206 Å². The molecule has 4 rings (SSSR count). The zero-order valence-electron chi connectivity index (χ0n) is 19.4. The zero-order valence-corrected chi connectivity index (χ0v) is 20.9. The molecule has 33 heavy (non-hydrogen) atoms. The summed E-state index contributed by atoms with van der Waals surface area (Å²) < 4.78 is 0. The predicted octanol–water partition coefficient (Wildman–Crippen LogP) is 6.82. The average Bonchev–Trinajstić information content (AvgIpc) is 3.08. The summed E-state index contributed by atoms with van der Waals surface area (Å²) in [5.41, 5.74) is 2.37. The lowest BCUT2D eigenvalue weighted by atomic mass is 9.94. The molecular weight excluding hydrogens is 452 g/mol. The van der Waals surface area contributed by atoms with Crippen LogP contribution in [0.15, 0.2) is 64.0 Å². The third-order valence-electron chi connectivity index (χ3n) is 6.54. The van der Waals surface area contributed by atoms with Crippen molar-refractivity contribution in [3.63, 3.8) is 0 Å². The number of thioether (sulfide) groups is 1. The lowest BCUT2D eigenvalue weighted by molar-refractivity contribution is -0.121. The number of unbranched alkanes of at least 4 members (excludes halogenated alkanes) is 1. The Morgan fingerprint density at radius 2 is 1.64 bits per heavy atom. The molecule has 2 amide bonds. The molecule has 6 heteroatoms. The summed E-state index contributed by atoms with van der Waals surface area (Å²) in [6.07, 6.45) is 8.92. The quantitative estimate of drug-likeness (QED) is 0.387. The third kappa shape index (κ3) is 5.30. The second-order valence-electron chi connectivity index (χ2n) is 8.85. The van der Waals surface area contributed by atoms with Crippen LogP contribution in [0, 0.1) is 0 Å². The summed E-state index contributed by atoms with van der Waals surface area (Å²) in [6.45, 7) is 2.17. The highest BCUT2D eigenvalue weighted by Crippen LogP contribution is 2.40. The van der Waals surface area contributed by atoms with Gasteiger partial charge < -0.3 is 4.90 Å². The average molecular weight is 483 g/mol. The SMILES string of the molecule is CCCCc1ccc(N2C(=O)C(Sc3ccc(Cl)cc3)=C(N(C)C3CCCCC3)C2=O)cc1. The van der Waals surface area contributed by atoms with Crippen LogP contribution in [0.1, 0.15) is 57.4 Å². The number of anilines is 1. The molecule has 0 saturated heterocycles. The van der Waals surface area contributed by atoms with Gasteiger partial charge in [0.15, 0.2) is 0 Å². The van der Waals surface area contributed by atoms with E-state index in [9.17, 15) is 9.59 Å². The van der Waals surface area contributed by atoms with E-state index in [-0.39, 0.29) is 17.9 Å². The Morgan fingerprint density at radius 1 is 0.970 bits per heavy atom. The van der Waals surface area contributed by atoms with Gasteiger partial charge in [-0.25, -0.2) is 4.90 Å². The van der Waals surface area contributed by atoms with Crippen LogP contribution in [0.3, 0.4) is 0 Å². The van der Waals surface area contributed by atoms with Crippen molar-refractivity contribution in [2.24, 2.45) is 0 Å². The fourth-order valence-electron chi connectivity index (χ4n) is 4.60. The van der Waals surface area contributed by atoms with Crippen LogP contribution in [0.25, 0.3) is 0 Å². The second kappa shape index (κ2) is 10.8. The smallest absolute Gasteiger partial charge is 0.283 e. The number of rotatable bonds is 8. The van der Waals surface area contributed by atoms with Gasteiger partial charge in [0, 0.05) is 23.0 Å². The van der Waals surface area contributed by atoms with Crippen LogP contribution in [-0.2, 0) is 16.0 Å². The van der Waals surface area contributed by atoms with E-state index < -0.39 is 0 Å². The van der Waals surface area contributed by atoms with Gasteiger partial charge in [0.05, 0.1) is 5.69 Å². The van der Waals surface area contributed by atoms with Gasteiger partial charge in [0.1, 0.15) is 10.6 Å². The predicted molar refractivity (Wildman–Crippen MR) is 137 cm³/mol. The normalized spacial score (nSPS) is 17.2. The summed E-state index contributed by atoms with van der Waals surface area (Å²) in [5, 5.41) is 0.645. The number of carbonyl (C=O) groups is 2. The number of aryl methyl sites for hydroxylation is 1. The third-order valence-corrected chi connectivity index (χ3v) is 7.87. The minimum atomic E-state index is -0.251. The van der Waals surface area contributed by atoms with Crippen LogP contribution < -0.4 is 4.90 Å². The highest BCUT2D eigenvalue weighted by Gasteiger charge is 2.43. The minimum absolute atomic E-state index is 0.231. The molecule has 4 nitrogen and oxygen atoms in total. The standard InChI is InChI=1S/C27H31ClN2O2S/c1-3-4-8-19-11-15-22(16-12-19)30-26(31)24(29(2)21-9-6-5-7-10-21)25(27(30)32)33-23-17-13-20(28)14-18-23/h11-18,21H,3-10H2,1-2H3. The Kier molecular flexibility index (Phi) is 7.82. The van der Waals surface area contributed by atoms with Crippen molar-refractivity contribution in [1.82, 2.24) is 4.90 Å². The van der Waals surface area contributed by atoms with Crippen molar-refractivity contribution in [1.29, 1.82) is 0 Å². The van der Waals surface area contributed by atoms with Crippen LogP contribution in [0.5, 0.6) is 0 Å². The van der Waals surface area contributed by atoms with E-state index in [0.717, 1.165) is 49.8 Å². The number of carbonyl (C=O) groups excluding carboxylic acids is 2. The first-order valence-electron chi connectivity index (χ1n) is 11.9. The summed E-state index contributed by atoms with van der Waals surface area (Å²) in [4.78, 5) is 32.1. The van der Waals surface area contributed by atoms with Gasteiger partial charge in [-0.1, -0.05) is 68.1 Å². The number of halogens is 1. The van der Waals surface area contributed by atoms with E-state index in [4.69, 9.17) is 11.6 Å². The van der Waals surface area contributed by atoms with E-state index in [0.29, 0.717) is 21.3 Å². The second-order valence-corrected chi connectivity index (χ2v) is 10.4. The van der Waals surface area contributed by atoms with Crippen molar-refractivity contribution in [3.8, 4) is 0 Å². The molecule has 0 N–H and O–H groups in total. The van der Waals surface area contributed by atoms with Crippen molar-refractivity contribution in [2.75, 3.05) is 11.9 Å². The van der Waals surface area contributed by atoms with Crippen molar-refractivity contribution >= 4 is 40.9 Å². The Hall–Kier alpha value is -2.24. The van der Waals surface area contributed by atoms with Crippen LogP contribution in [0.4, 0.5) is 5.69 Å². The Balaban J connectivity index is 1.66. The van der Waals surface area contributed by atoms with Crippen molar-refractivity contribution < 1.29 is 9.59 Å². The number of imide groups is 1. The number of nitrogens with zero attached hydrogens (tertiary/aromatic N) is 2. The molecule has 0 unspecified atom stereocenters. The molecule has 1 aliphatic carbocycles. The van der Waals surface area contributed by atoms with Crippen LogP contribution >= 0.6 is 23.4 Å². The molecule has 0 bridgehead atoms. The fourth-order valence-corrected chi connectivity index (χ4v) is 5.74. The number of hydrogen-bond acceptors (Lipinski definition) is 4. The largest absolute Gasteiger partial charge is 0.366 e. The molecule has 2 aliphatic rings. The molecule has 1 fully saturated rings. The Morgan fingerprint density at radius 3 is 2.27 bits per heavy atom. The first-order valence-corrected chi connectivity index (χ1v) is 13.1. The minimum Gasteiger partial charge on any atom is -0.366 e. The van der Waals surface area contributed by atoms with E-state index in [1.54, 1.807) is 0 Å². The molecule has 0 aromatic heterocycles. The van der Waals surface area contributed by atoms with E-state index in [1.165, 1.54) is 28.6 Å². The maximum absolute atomic E-state index is 13.7. The molecule has 2 aromatic carbocycles. The molecule has 0 atom stereocenters. The topological polar surface area (TPSA) is 40.6 Å². The summed E-state index contributed by atoms with van der Waals surface area (Å²) >= 11 is 7.40. The van der Waals surface area contributed by atoms with Crippen LogP contribution in [0.2, 0.25) is 5.02 Å². The van der Waals surface area contributed by atoms with E-state index in [1.807, 2.05) is 55.6 Å². The summed E-state index contributed by atoms with van der Waals surface area (Å²) in [7, 11) is 1.97. The van der Waals surface area contributed by atoms with Gasteiger partial charge in [-0.3, -0.25) is 9.59 Å². The molecule has 0 radical (unpaired) electrons. The van der Waals surface area contributed by atoms with Gasteiger partial charge in [0.2, 0.25) is 0 Å². The summed E-state index contributed by atoms with van der Waals surface area (Å²) in [5.74, 6) is -0.482. The highest BCUT2D eigenvalue weighted by atomic mass is 35.5. The van der Waals surface area contributed by atoms with Crippen molar-refractivity contribution in [2.45, 2.75) is 69.2 Å². The first kappa shape index (κ1) is 23.9. The molecule has 174 valence electrons. The monoisotopic (exact) mass is 482 g/mol. The molecule has 1 aliphatic heterocycles. The molecule has 1 heterocycles. The maximum atomic E-state index is 13.7. The lowest BCUT2D eigenvalue weighted by Gasteiger charge is -2.33. The van der Waals surface area contributed by atoms with Gasteiger partial charge in [-0.05, 0) is 67.6 Å². The van der Waals surface area contributed by atoms with Crippen molar-refractivity contribution in [3.05, 3.63) is 69.7 Å². The highest BCUT2D eigenvalue weighted by molar-refractivity contribution is 8.04. The number of likely N-dealkylation sites (N-methyl/N-ethyl adjacent to an activating group) is 1. The van der Waals surface area contributed by atoms with E-state index >= 15 is 0 Å². The van der Waals surface area contributed by atoms with Gasteiger partial charge >= 0.3 is 0 Å². The summed E-state index contributed by atoms with van der Waals surface area (Å²) in [6, 6.07) is 15.5. The molecular formula is C27H31ClN2O2S. The van der Waals surface area contributed by atoms with E-state index in [2.05, 4.69) is 11.8 Å². The number of amides is 2. The van der Waals surface area contributed by atoms with Crippen LogP contribution in [-0.4, -0.2) is 29.8 Å².